The van der Waals surface area contributed by atoms with Crippen LogP contribution >= 0.6 is 23.2 Å². The molecule has 0 radical (unpaired) electrons. The Morgan fingerprint density at radius 2 is 1.73 bits per heavy atom. The third kappa shape index (κ3) is 4.68. The first-order valence-electron chi connectivity index (χ1n) is 9.89. The largest absolute Gasteiger partial charge is 0.480 e. The first-order chi connectivity index (χ1) is 15.7. The first-order valence-corrected chi connectivity index (χ1v) is 12.1. The van der Waals surface area contributed by atoms with Gasteiger partial charge >= 0.3 is 5.97 Å². The Bertz CT molecular complexity index is 1420. The number of anilines is 1. The Kier molecular flexibility index (Phi) is 6.34. The van der Waals surface area contributed by atoms with E-state index < -0.39 is 22.5 Å². The second-order valence-corrected chi connectivity index (χ2v) is 10.2. The Labute approximate surface area is 200 Å². The Morgan fingerprint density at radius 3 is 2.36 bits per heavy atom. The van der Waals surface area contributed by atoms with Gasteiger partial charge in [0.05, 0.1) is 34.0 Å². The van der Waals surface area contributed by atoms with Crippen molar-refractivity contribution in [2.75, 3.05) is 10.8 Å². The van der Waals surface area contributed by atoms with Crippen molar-refractivity contribution in [1.29, 1.82) is 0 Å². The zero-order valence-electron chi connectivity index (χ0n) is 17.4. The summed E-state index contributed by atoms with van der Waals surface area (Å²) in [4.78, 5) is 15.8. The molecule has 7 nitrogen and oxygen atoms in total. The van der Waals surface area contributed by atoms with Gasteiger partial charge in [0.1, 0.15) is 6.54 Å². The zero-order valence-corrected chi connectivity index (χ0v) is 19.7. The van der Waals surface area contributed by atoms with Crippen LogP contribution in [0.4, 0.5) is 5.69 Å². The second kappa shape index (κ2) is 9.05. The minimum atomic E-state index is -4.28. The monoisotopic (exact) mass is 503 g/mol. The molecule has 0 bridgehead atoms. The molecule has 33 heavy (non-hydrogen) atoms. The average molecular weight is 504 g/mol. The van der Waals surface area contributed by atoms with Gasteiger partial charge in [-0.25, -0.2) is 13.4 Å². The summed E-state index contributed by atoms with van der Waals surface area (Å²) in [6.45, 7) is 1.23. The lowest BCUT2D eigenvalue weighted by Gasteiger charge is -2.23. The van der Waals surface area contributed by atoms with Crippen molar-refractivity contribution in [2.45, 2.75) is 17.9 Å². The summed E-state index contributed by atoms with van der Waals surface area (Å²) in [5.74, 6) is -1.31. The van der Waals surface area contributed by atoms with Crippen LogP contribution in [0.2, 0.25) is 10.0 Å². The third-order valence-electron chi connectivity index (χ3n) is 5.25. The molecule has 0 aliphatic carbocycles. The minimum Gasteiger partial charge on any atom is -0.480 e. The topological polar surface area (TPSA) is 92.5 Å². The molecule has 0 spiro atoms. The molecule has 0 saturated heterocycles. The van der Waals surface area contributed by atoms with Gasteiger partial charge in [-0.1, -0.05) is 53.5 Å². The minimum absolute atomic E-state index is 0.0808. The molecule has 0 aliphatic rings. The van der Waals surface area contributed by atoms with Gasteiger partial charge in [0.2, 0.25) is 0 Å². The summed E-state index contributed by atoms with van der Waals surface area (Å²) in [5, 5.41) is 9.71. The number of hydrogen-bond acceptors (Lipinski definition) is 4. The van der Waals surface area contributed by atoms with Gasteiger partial charge in [-0.3, -0.25) is 9.10 Å². The van der Waals surface area contributed by atoms with Crippen LogP contribution in [0, 0.1) is 0 Å². The highest BCUT2D eigenvalue weighted by Gasteiger charge is 2.28. The van der Waals surface area contributed by atoms with Crippen molar-refractivity contribution in [3.8, 4) is 0 Å². The fourth-order valence-corrected chi connectivity index (χ4v) is 5.75. The molecule has 4 rings (SSSR count). The maximum Gasteiger partial charge on any atom is 0.324 e. The van der Waals surface area contributed by atoms with Crippen LogP contribution in [-0.4, -0.2) is 35.6 Å². The van der Waals surface area contributed by atoms with Gasteiger partial charge < -0.3 is 9.67 Å². The van der Waals surface area contributed by atoms with E-state index in [1.54, 1.807) is 18.5 Å². The number of nitrogens with zero attached hydrogens (tertiary/aromatic N) is 3. The van der Waals surface area contributed by atoms with Gasteiger partial charge in [0, 0.05) is 10.0 Å². The molecular formula is C23H19Cl2N3O4S. The number of sulfonamides is 1. The number of aliphatic carboxylic acids is 1. The number of hydrogen-bond donors (Lipinski definition) is 1. The molecule has 0 aliphatic heterocycles. The SMILES string of the molecule is CC(c1ccccc1)n1cnc2ccc(N(CC(=O)O)S(=O)(=O)c3cc(Cl)cc(Cl)c3)cc21. The molecule has 1 N–H and O–H groups in total. The molecule has 1 aromatic heterocycles. The van der Waals surface area contributed by atoms with Gasteiger partial charge in [-0.05, 0) is 48.9 Å². The van der Waals surface area contributed by atoms with Crippen molar-refractivity contribution in [2.24, 2.45) is 0 Å². The number of aromatic nitrogens is 2. The number of rotatable bonds is 7. The quantitative estimate of drug-likeness (QED) is 0.372. The Morgan fingerprint density at radius 1 is 1.06 bits per heavy atom. The maximum atomic E-state index is 13.4. The Hall–Kier alpha value is -3.07. The highest BCUT2D eigenvalue weighted by atomic mass is 35.5. The number of carboxylic acids is 1. The zero-order chi connectivity index (χ0) is 23.8. The standard InChI is InChI=1S/C23H19Cl2N3O4S/c1-15(16-5-3-2-4-6-16)27-14-26-21-8-7-19(12-22(21)27)28(13-23(29)30)33(31,32)20-10-17(24)9-18(25)11-20/h2-12,14-15H,13H2,1H3,(H,29,30). The number of benzene rings is 3. The van der Waals surface area contributed by atoms with Crippen LogP contribution in [-0.2, 0) is 14.8 Å². The summed E-state index contributed by atoms with van der Waals surface area (Å²) in [6, 6.07) is 18.4. The summed E-state index contributed by atoms with van der Waals surface area (Å²) in [7, 11) is -4.28. The van der Waals surface area contributed by atoms with E-state index in [0.29, 0.717) is 11.0 Å². The number of halogens is 2. The van der Waals surface area contributed by atoms with Gasteiger partial charge in [-0.2, -0.15) is 0 Å². The molecule has 0 amide bonds. The van der Waals surface area contributed by atoms with E-state index in [9.17, 15) is 18.3 Å². The predicted octanol–water partition coefficient (Wildman–Crippen LogP) is 5.23. The molecule has 4 aromatic rings. The van der Waals surface area contributed by atoms with E-state index in [4.69, 9.17) is 23.2 Å². The van der Waals surface area contributed by atoms with Gasteiger partial charge in [0.15, 0.2) is 0 Å². The summed E-state index contributed by atoms with van der Waals surface area (Å²) in [6.07, 6.45) is 1.68. The first kappa shape index (κ1) is 23.1. The van der Waals surface area contributed by atoms with Crippen LogP contribution in [0.3, 0.4) is 0 Å². The normalized spacial score (nSPS) is 12.6. The van der Waals surface area contributed by atoms with Crippen molar-refractivity contribution in [3.05, 3.63) is 88.7 Å². The summed E-state index contributed by atoms with van der Waals surface area (Å²) < 4.78 is 29.6. The van der Waals surface area contributed by atoms with E-state index >= 15 is 0 Å². The molecule has 1 heterocycles. The van der Waals surface area contributed by atoms with Crippen molar-refractivity contribution < 1.29 is 18.3 Å². The molecule has 1 atom stereocenters. The lowest BCUT2D eigenvalue weighted by Crippen LogP contribution is -2.35. The molecule has 1 unspecified atom stereocenters. The smallest absolute Gasteiger partial charge is 0.324 e. The van der Waals surface area contributed by atoms with Crippen molar-refractivity contribution in [1.82, 2.24) is 9.55 Å². The molecule has 0 fully saturated rings. The highest BCUT2D eigenvalue weighted by molar-refractivity contribution is 7.92. The highest BCUT2D eigenvalue weighted by Crippen LogP contribution is 2.31. The van der Waals surface area contributed by atoms with Crippen LogP contribution in [0.25, 0.3) is 11.0 Å². The van der Waals surface area contributed by atoms with Crippen molar-refractivity contribution >= 4 is 55.9 Å². The van der Waals surface area contributed by atoms with E-state index in [1.807, 2.05) is 41.8 Å². The van der Waals surface area contributed by atoms with Crippen LogP contribution in [0.5, 0.6) is 0 Å². The number of carboxylic acid groups (broad SMARTS) is 1. The number of carbonyl (C=O) groups is 1. The number of imidazole rings is 1. The second-order valence-electron chi connectivity index (χ2n) is 7.42. The molecule has 10 heteroatoms. The Balaban J connectivity index is 1.84. The van der Waals surface area contributed by atoms with E-state index in [2.05, 4.69) is 4.98 Å². The van der Waals surface area contributed by atoms with E-state index in [1.165, 1.54) is 24.3 Å². The van der Waals surface area contributed by atoms with Gasteiger partial charge in [-0.15, -0.1) is 0 Å². The summed E-state index contributed by atoms with van der Waals surface area (Å²) in [5.41, 5.74) is 2.55. The molecular weight excluding hydrogens is 485 g/mol. The van der Waals surface area contributed by atoms with Crippen LogP contribution in [0.1, 0.15) is 18.5 Å². The fourth-order valence-electron chi connectivity index (χ4n) is 3.61. The molecule has 3 aromatic carbocycles. The lowest BCUT2D eigenvalue weighted by atomic mass is 10.1. The molecule has 170 valence electrons. The predicted molar refractivity (Wildman–Crippen MR) is 129 cm³/mol. The van der Waals surface area contributed by atoms with Crippen molar-refractivity contribution in [3.63, 3.8) is 0 Å². The lowest BCUT2D eigenvalue weighted by molar-refractivity contribution is -0.135. The van der Waals surface area contributed by atoms with E-state index in [-0.39, 0.29) is 26.7 Å². The number of fused-ring (bicyclic) bond motifs is 1. The van der Waals surface area contributed by atoms with Gasteiger partial charge in [0.25, 0.3) is 10.0 Å². The van der Waals surface area contributed by atoms with Crippen LogP contribution in [0.15, 0.2) is 78.0 Å². The van der Waals surface area contributed by atoms with Crippen LogP contribution < -0.4 is 4.31 Å². The third-order valence-corrected chi connectivity index (χ3v) is 7.44. The fraction of sp³-hybridized carbons (Fsp3) is 0.130. The maximum absolute atomic E-state index is 13.4. The molecule has 0 saturated carbocycles. The van der Waals surface area contributed by atoms with E-state index in [0.717, 1.165) is 9.87 Å². The average Bonchev–Trinajstić information content (AvgIpc) is 3.20. The summed E-state index contributed by atoms with van der Waals surface area (Å²) >= 11 is 12.0.